The van der Waals surface area contributed by atoms with E-state index in [2.05, 4.69) is 0 Å². The Balaban J connectivity index is 2.32. The first kappa shape index (κ1) is 14.4. The van der Waals surface area contributed by atoms with Crippen molar-refractivity contribution in [2.24, 2.45) is 0 Å². The molecule has 20 heavy (non-hydrogen) atoms. The van der Waals surface area contributed by atoms with Crippen LogP contribution >= 0.6 is 11.6 Å². The highest BCUT2D eigenvalue weighted by Crippen LogP contribution is 2.27. The van der Waals surface area contributed by atoms with E-state index in [4.69, 9.17) is 16.7 Å². The van der Waals surface area contributed by atoms with E-state index in [0.29, 0.717) is 17.0 Å². The van der Waals surface area contributed by atoms with Crippen LogP contribution in [-0.2, 0) is 4.79 Å². The van der Waals surface area contributed by atoms with Crippen LogP contribution in [0.15, 0.2) is 54.1 Å². The van der Waals surface area contributed by atoms with E-state index in [0.717, 1.165) is 16.7 Å². The lowest BCUT2D eigenvalue weighted by Crippen LogP contribution is -1.98. The van der Waals surface area contributed by atoms with Crippen LogP contribution in [0.2, 0.25) is 5.02 Å². The van der Waals surface area contributed by atoms with Gasteiger partial charge in [-0.25, -0.2) is 4.79 Å². The predicted molar refractivity (Wildman–Crippen MR) is 82.8 cm³/mol. The number of halogens is 1. The summed E-state index contributed by atoms with van der Waals surface area (Å²) < 4.78 is 0. The molecule has 0 aliphatic carbocycles. The first-order chi connectivity index (χ1) is 9.61. The molecule has 3 heteroatoms. The maximum Gasteiger partial charge on any atom is 0.331 e. The fourth-order valence-corrected chi connectivity index (χ4v) is 2.22. The van der Waals surface area contributed by atoms with E-state index in [-0.39, 0.29) is 0 Å². The second-order valence-corrected chi connectivity index (χ2v) is 4.84. The van der Waals surface area contributed by atoms with Crippen LogP contribution in [0.3, 0.4) is 0 Å². The van der Waals surface area contributed by atoms with Gasteiger partial charge in [0.2, 0.25) is 0 Å². The normalized spacial score (nSPS) is 11.4. The Morgan fingerprint density at radius 1 is 1.15 bits per heavy atom. The zero-order valence-electron chi connectivity index (χ0n) is 11.1. The summed E-state index contributed by atoms with van der Waals surface area (Å²) in [6, 6.07) is 15.3. The van der Waals surface area contributed by atoms with Gasteiger partial charge >= 0.3 is 5.97 Å². The third-order valence-electron chi connectivity index (χ3n) is 3.09. The van der Waals surface area contributed by atoms with Gasteiger partial charge in [0, 0.05) is 16.2 Å². The summed E-state index contributed by atoms with van der Waals surface area (Å²) in [5.41, 5.74) is 3.26. The SMILES string of the molecule is CCC(=Cc1ccc(-c2ccccc2Cl)cc1)C(=O)O. The third kappa shape index (κ3) is 3.28. The Bertz CT molecular complexity index is 642. The van der Waals surface area contributed by atoms with Crippen LogP contribution in [0.1, 0.15) is 18.9 Å². The molecule has 0 saturated heterocycles. The van der Waals surface area contributed by atoms with Crippen LogP contribution in [-0.4, -0.2) is 11.1 Å². The molecule has 0 amide bonds. The summed E-state index contributed by atoms with van der Waals surface area (Å²) in [4.78, 5) is 11.0. The zero-order chi connectivity index (χ0) is 14.5. The molecule has 0 aliphatic rings. The van der Waals surface area contributed by atoms with E-state index >= 15 is 0 Å². The average molecular weight is 287 g/mol. The number of hydrogen-bond acceptors (Lipinski definition) is 1. The molecule has 0 aromatic heterocycles. The van der Waals surface area contributed by atoms with E-state index in [1.165, 1.54) is 0 Å². The van der Waals surface area contributed by atoms with Crippen molar-refractivity contribution in [2.45, 2.75) is 13.3 Å². The fraction of sp³-hybridized carbons (Fsp3) is 0.118. The van der Waals surface area contributed by atoms with Crippen LogP contribution in [0, 0.1) is 0 Å². The van der Waals surface area contributed by atoms with Crippen LogP contribution in [0.25, 0.3) is 17.2 Å². The van der Waals surface area contributed by atoms with Gasteiger partial charge in [-0.15, -0.1) is 0 Å². The molecule has 0 unspecified atom stereocenters. The van der Waals surface area contributed by atoms with Gasteiger partial charge in [-0.3, -0.25) is 0 Å². The molecule has 0 radical (unpaired) electrons. The fourth-order valence-electron chi connectivity index (χ4n) is 1.97. The van der Waals surface area contributed by atoms with Crippen molar-refractivity contribution in [2.75, 3.05) is 0 Å². The van der Waals surface area contributed by atoms with Gasteiger partial charge in [0.1, 0.15) is 0 Å². The molecule has 0 saturated carbocycles. The van der Waals surface area contributed by atoms with Crippen molar-refractivity contribution < 1.29 is 9.90 Å². The minimum atomic E-state index is -0.873. The summed E-state index contributed by atoms with van der Waals surface area (Å²) >= 11 is 6.16. The van der Waals surface area contributed by atoms with Crippen molar-refractivity contribution in [1.82, 2.24) is 0 Å². The molecule has 0 heterocycles. The largest absolute Gasteiger partial charge is 0.478 e. The van der Waals surface area contributed by atoms with Gasteiger partial charge in [0.25, 0.3) is 0 Å². The minimum Gasteiger partial charge on any atom is -0.478 e. The van der Waals surface area contributed by atoms with E-state index in [1.54, 1.807) is 6.08 Å². The predicted octanol–water partition coefficient (Wildman–Crippen LogP) is 4.89. The average Bonchev–Trinajstić information content (AvgIpc) is 2.46. The Kier molecular flexibility index (Phi) is 4.59. The Hall–Kier alpha value is -2.06. The number of carboxylic acid groups (broad SMARTS) is 1. The van der Waals surface area contributed by atoms with Crippen LogP contribution in [0.5, 0.6) is 0 Å². The molecule has 2 rings (SSSR count). The quantitative estimate of drug-likeness (QED) is 0.813. The second-order valence-electron chi connectivity index (χ2n) is 4.43. The lowest BCUT2D eigenvalue weighted by Gasteiger charge is -2.05. The summed E-state index contributed by atoms with van der Waals surface area (Å²) in [6.07, 6.45) is 2.19. The van der Waals surface area contributed by atoms with Crippen molar-refractivity contribution in [3.63, 3.8) is 0 Å². The molecule has 2 aromatic rings. The number of hydrogen-bond donors (Lipinski definition) is 1. The Labute approximate surface area is 123 Å². The van der Waals surface area contributed by atoms with Gasteiger partial charge < -0.3 is 5.11 Å². The molecule has 1 N–H and O–H groups in total. The molecular weight excluding hydrogens is 272 g/mol. The summed E-state index contributed by atoms with van der Waals surface area (Å²) in [5, 5.41) is 9.72. The monoisotopic (exact) mass is 286 g/mol. The topological polar surface area (TPSA) is 37.3 Å². The first-order valence-corrected chi connectivity index (χ1v) is 6.78. The lowest BCUT2D eigenvalue weighted by atomic mass is 10.0. The number of rotatable bonds is 4. The summed E-state index contributed by atoms with van der Waals surface area (Å²) in [6.45, 7) is 1.83. The number of aliphatic carboxylic acids is 1. The molecule has 0 aliphatic heterocycles. The first-order valence-electron chi connectivity index (χ1n) is 6.40. The number of carboxylic acids is 1. The highest BCUT2D eigenvalue weighted by Gasteiger charge is 2.05. The second kappa shape index (κ2) is 6.40. The van der Waals surface area contributed by atoms with Gasteiger partial charge in [-0.1, -0.05) is 61.0 Å². The number of carbonyl (C=O) groups is 1. The summed E-state index contributed by atoms with van der Waals surface area (Å²) in [7, 11) is 0. The molecule has 0 fully saturated rings. The van der Waals surface area contributed by atoms with E-state index in [9.17, 15) is 4.79 Å². The van der Waals surface area contributed by atoms with Crippen LogP contribution in [0.4, 0.5) is 0 Å². The van der Waals surface area contributed by atoms with Crippen molar-refractivity contribution in [3.8, 4) is 11.1 Å². The standard InChI is InChI=1S/C17H15ClO2/c1-2-13(17(19)20)11-12-7-9-14(10-8-12)15-5-3-4-6-16(15)18/h3-11H,2H2,1H3,(H,19,20). The van der Waals surface area contributed by atoms with Crippen molar-refractivity contribution in [1.29, 1.82) is 0 Å². The summed E-state index contributed by atoms with van der Waals surface area (Å²) in [5.74, 6) is -0.873. The maximum absolute atomic E-state index is 11.0. The smallest absolute Gasteiger partial charge is 0.331 e. The maximum atomic E-state index is 11.0. The van der Waals surface area contributed by atoms with Crippen molar-refractivity contribution in [3.05, 3.63) is 64.7 Å². The highest BCUT2D eigenvalue weighted by molar-refractivity contribution is 6.33. The third-order valence-corrected chi connectivity index (χ3v) is 3.42. The van der Waals surface area contributed by atoms with Crippen molar-refractivity contribution >= 4 is 23.6 Å². The minimum absolute atomic E-state index is 0.399. The van der Waals surface area contributed by atoms with E-state index < -0.39 is 5.97 Å². The molecule has 0 spiro atoms. The van der Waals surface area contributed by atoms with Gasteiger partial charge in [-0.05, 0) is 29.7 Å². The molecular formula is C17H15ClO2. The van der Waals surface area contributed by atoms with Gasteiger partial charge in [0.15, 0.2) is 0 Å². The molecule has 2 nitrogen and oxygen atoms in total. The Morgan fingerprint density at radius 2 is 1.80 bits per heavy atom. The molecule has 0 atom stereocenters. The van der Waals surface area contributed by atoms with Gasteiger partial charge in [0.05, 0.1) is 0 Å². The molecule has 0 bridgehead atoms. The lowest BCUT2D eigenvalue weighted by molar-refractivity contribution is -0.132. The zero-order valence-corrected chi connectivity index (χ0v) is 11.9. The molecule has 2 aromatic carbocycles. The highest BCUT2D eigenvalue weighted by atomic mass is 35.5. The Morgan fingerprint density at radius 3 is 2.35 bits per heavy atom. The van der Waals surface area contributed by atoms with Crippen LogP contribution < -0.4 is 0 Å². The van der Waals surface area contributed by atoms with Gasteiger partial charge in [-0.2, -0.15) is 0 Å². The van der Waals surface area contributed by atoms with E-state index in [1.807, 2.05) is 55.5 Å². The number of benzene rings is 2. The molecule has 102 valence electrons.